The number of hydrogen-bond acceptors (Lipinski definition) is 3. The van der Waals surface area contributed by atoms with Crippen molar-refractivity contribution in [1.82, 2.24) is 5.43 Å². The zero-order valence-corrected chi connectivity index (χ0v) is 9.13. The summed E-state index contributed by atoms with van der Waals surface area (Å²) in [4.78, 5) is 0. The van der Waals surface area contributed by atoms with E-state index in [4.69, 9.17) is 10.6 Å². The number of hydrogen-bond donors (Lipinski definition) is 2. The van der Waals surface area contributed by atoms with E-state index in [0.29, 0.717) is 12.5 Å². The maximum absolute atomic E-state index is 5.61. The molecule has 0 rings (SSSR count). The highest BCUT2D eigenvalue weighted by Gasteiger charge is 2.24. The van der Waals surface area contributed by atoms with E-state index < -0.39 is 0 Å². The second-order valence-corrected chi connectivity index (χ2v) is 3.65. The lowest BCUT2D eigenvalue weighted by Crippen LogP contribution is -2.48. The van der Waals surface area contributed by atoms with E-state index in [1.807, 2.05) is 13.8 Å². The van der Waals surface area contributed by atoms with Crippen molar-refractivity contribution in [3.8, 4) is 0 Å². The van der Waals surface area contributed by atoms with Crippen molar-refractivity contribution in [2.75, 3.05) is 6.61 Å². The smallest absolute Gasteiger partial charge is 0.0801 e. The zero-order valence-electron chi connectivity index (χ0n) is 9.13. The molecule has 0 spiro atoms. The Bertz CT molecular complexity index is 157. The summed E-state index contributed by atoms with van der Waals surface area (Å²) >= 11 is 0. The lowest BCUT2D eigenvalue weighted by molar-refractivity contribution is 0.0121. The van der Waals surface area contributed by atoms with Crippen molar-refractivity contribution in [3.05, 3.63) is 12.2 Å². The maximum atomic E-state index is 5.61. The van der Waals surface area contributed by atoms with Gasteiger partial charge >= 0.3 is 0 Å². The second-order valence-electron chi connectivity index (χ2n) is 3.65. The summed E-state index contributed by atoms with van der Waals surface area (Å²) in [5.41, 5.74) is 3.75. The van der Waals surface area contributed by atoms with Crippen molar-refractivity contribution in [3.63, 3.8) is 0 Å². The van der Waals surface area contributed by atoms with Crippen LogP contribution in [0.4, 0.5) is 0 Å². The van der Waals surface area contributed by atoms with Gasteiger partial charge in [0, 0.05) is 6.61 Å². The van der Waals surface area contributed by atoms with Gasteiger partial charge in [-0.05, 0) is 19.8 Å². The number of nitrogens with one attached hydrogen (secondary N) is 1. The molecule has 0 aromatic heterocycles. The third-order valence-corrected chi connectivity index (χ3v) is 2.06. The largest absolute Gasteiger partial charge is 0.376 e. The van der Waals surface area contributed by atoms with Gasteiger partial charge in [0.05, 0.1) is 12.1 Å². The topological polar surface area (TPSA) is 47.3 Å². The number of hydrazine groups is 1. The fourth-order valence-electron chi connectivity index (χ4n) is 1.38. The van der Waals surface area contributed by atoms with Gasteiger partial charge in [-0.3, -0.25) is 11.3 Å². The Morgan fingerprint density at radius 1 is 1.54 bits per heavy atom. The molecule has 0 aromatic rings. The standard InChI is InChI=1S/C10H22N2O/c1-6-13-10(8(4)5)9(12-11)7(2)3/h8-10,12H,2,6,11H2,1,3-5H3. The fourth-order valence-corrected chi connectivity index (χ4v) is 1.38. The van der Waals surface area contributed by atoms with Crippen molar-refractivity contribution in [2.45, 2.75) is 39.8 Å². The first-order chi connectivity index (χ1) is 6.04. The minimum atomic E-state index is 0.0416. The van der Waals surface area contributed by atoms with E-state index in [-0.39, 0.29) is 12.1 Å². The van der Waals surface area contributed by atoms with Crippen LogP contribution in [0.25, 0.3) is 0 Å². The zero-order chi connectivity index (χ0) is 10.4. The van der Waals surface area contributed by atoms with Crippen LogP contribution in [0.2, 0.25) is 0 Å². The Labute approximate surface area is 81.3 Å². The molecule has 0 amide bonds. The van der Waals surface area contributed by atoms with E-state index in [1.54, 1.807) is 0 Å². The lowest BCUT2D eigenvalue weighted by atomic mass is 9.95. The molecule has 0 aliphatic carbocycles. The highest BCUT2D eigenvalue weighted by atomic mass is 16.5. The Hall–Kier alpha value is -0.380. The van der Waals surface area contributed by atoms with Crippen LogP contribution in [-0.2, 0) is 4.74 Å². The number of ether oxygens (including phenoxy) is 1. The van der Waals surface area contributed by atoms with Crippen LogP contribution < -0.4 is 11.3 Å². The van der Waals surface area contributed by atoms with Gasteiger partial charge in [0.2, 0.25) is 0 Å². The summed E-state index contributed by atoms with van der Waals surface area (Å²) in [7, 11) is 0. The Morgan fingerprint density at radius 2 is 2.08 bits per heavy atom. The van der Waals surface area contributed by atoms with Crippen LogP contribution in [0, 0.1) is 5.92 Å². The molecule has 13 heavy (non-hydrogen) atoms. The molecule has 2 unspecified atom stereocenters. The highest BCUT2D eigenvalue weighted by Crippen LogP contribution is 2.15. The second kappa shape index (κ2) is 6.13. The summed E-state index contributed by atoms with van der Waals surface area (Å²) in [6.45, 7) is 12.8. The molecule has 0 saturated heterocycles. The van der Waals surface area contributed by atoms with Gasteiger partial charge in [0.15, 0.2) is 0 Å². The van der Waals surface area contributed by atoms with Gasteiger partial charge in [0.25, 0.3) is 0 Å². The molecule has 0 heterocycles. The van der Waals surface area contributed by atoms with E-state index in [9.17, 15) is 0 Å². The molecule has 0 saturated carbocycles. The maximum Gasteiger partial charge on any atom is 0.0801 e. The van der Waals surface area contributed by atoms with Gasteiger partial charge < -0.3 is 4.74 Å². The predicted octanol–water partition coefficient (Wildman–Crippen LogP) is 1.46. The van der Waals surface area contributed by atoms with Crippen LogP contribution in [0.5, 0.6) is 0 Å². The van der Waals surface area contributed by atoms with E-state index in [0.717, 1.165) is 5.57 Å². The molecule has 3 N–H and O–H groups in total. The van der Waals surface area contributed by atoms with Gasteiger partial charge in [-0.1, -0.05) is 26.0 Å². The average molecular weight is 186 g/mol. The van der Waals surface area contributed by atoms with Crippen molar-refractivity contribution < 1.29 is 4.74 Å². The molecule has 0 bridgehead atoms. The normalized spacial score (nSPS) is 15.8. The summed E-state index contributed by atoms with van der Waals surface area (Å²) in [5, 5.41) is 0. The molecule has 0 fully saturated rings. The quantitative estimate of drug-likeness (QED) is 0.375. The molecule has 2 atom stereocenters. The average Bonchev–Trinajstić information content (AvgIpc) is 2.03. The minimum absolute atomic E-state index is 0.0416. The molecule has 0 aromatic carbocycles. The van der Waals surface area contributed by atoms with Gasteiger partial charge in [0.1, 0.15) is 0 Å². The van der Waals surface area contributed by atoms with Crippen LogP contribution >= 0.6 is 0 Å². The molecule has 0 aliphatic heterocycles. The first-order valence-electron chi connectivity index (χ1n) is 4.77. The van der Waals surface area contributed by atoms with E-state index in [2.05, 4.69) is 25.9 Å². The van der Waals surface area contributed by atoms with Crippen LogP contribution in [0.15, 0.2) is 12.2 Å². The summed E-state index contributed by atoms with van der Waals surface area (Å²) in [5.74, 6) is 5.88. The Morgan fingerprint density at radius 3 is 2.31 bits per heavy atom. The van der Waals surface area contributed by atoms with Crippen LogP contribution in [-0.4, -0.2) is 18.8 Å². The van der Waals surface area contributed by atoms with Crippen molar-refractivity contribution in [1.29, 1.82) is 0 Å². The molecule has 3 nitrogen and oxygen atoms in total. The third-order valence-electron chi connectivity index (χ3n) is 2.06. The first kappa shape index (κ1) is 12.6. The first-order valence-corrected chi connectivity index (χ1v) is 4.77. The van der Waals surface area contributed by atoms with Crippen molar-refractivity contribution in [2.24, 2.45) is 11.8 Å². The molecular weight excluding hydrogens is 164 g/mol. The summed E-state index contributed by atoms with van der Waals surface area (Å²) < 4.78 is 5.61. The molecule has 78 valence electrons. The van der Waals surface area contributed by atoms with Gasteiger partial charge in [-0.2, -0.15) is 0 Å². The monoisotopic (exact) mass is 186 g/mol. The van der Waals surface area contributed by atoms with Gasteiger partial charge in [-0.25, -0.2) is 0 Å². The Balaban J connectivity index is 4.38. The summed E-state index contributed by atoms with van der Waals surface area (Å²) in [6, 6.07) is 0.0416. The highest BCUT2D eigenvalue weighted by molar-refractivity contribution is 5.05. The molecule has 3 heteroatoms. The summed E-state index contributed by atoms with van der Waals surface area (Å²) in [6.07, 6.45) is 0.104. The third kappa shape index (κ3) is 3.89. The number of nitrogens with two attached hydrogens (primary N) is 1. The van der Waals surface area contributed by atoms with Crippen LogP contribution in [0.3, 0.4) is 0 Å². The molecule has 0 radical (unpaired) electrons. The SMILES string of the molecule is C=C(C)C(NN)C(OCC)C(C)C. The van der Waals surface area contributed by atoms with Gasteiger partial charge in [-0.15, -0.1) is 0 Å². The fraction of sp³-hybridized carbons (Fsp3) is 0.800. The van der Waals surface area contributed by atoms with E-state index in [1.165, 1.54) is 0 Å². The minimum Gasteiger partial charge on any atom is -0.376 e. The number of rotatable bonds is 6. The molecule has 0 aliphatic rings. The lowest BCUT2D eigenvalue weighted by Gasteiger charge is -2.29. The van der Waals surface area contributed by atoms with E-state index >= 15 is 0 Å². The van der Waals surface area contributed by atoms with Crippen molar-refractivity contribution >= 4 is 0 Å². The predicted molar refractivity (Wildman–Crippen MR) is 56.2 cm³/mol. The molecular formula is C10H22N2O. The van der Waals surface area contributed by atoms with Crippen LogP contribution in [0.1, 0.15) is 27.7 Å². The Kier molecular flexibility index (Phi) is 5.95.